The number of rotatable bonds is 8. The van der Waals surface area contributed by atoms with Crippen molar-refractivity contribution < 1.29 is 13.2 Å². The van der Waals surface area contributed by atoms with Gasteiger partial charge in [0.1, 0.15) is 12.1 Å². The van der Waals surface area contributed by atoms with E-state index in [9.17, 15) is 13.2 Å². The lowest BCUT2D eigenvalue weighted by Gasteiger charge is -2.42. The number of likely N-dealkylation sites (tertiary alicyclic amines) is 1. The monoisotopic (exact) mass is 614 g/mol. The minimum atomic E-state index is -3.85. The first kappa shape index (κ1) is 29.2. The van der Waals surface area contributed by atoms with Gasteiger partial charge in [0, 0.05) is 47.1 Å². The SMILES string of the molecule is Cc1ccc(S(=O)(=O)n2ccc3c(N(C(C)C)C4CCCN(C(=O)CNc5cc(Cl)cc(Cl)c5)C4)ncnc32)cc1. The van der Waals surface area contributed by atoms with Gasteiger partial charge in [-0.2, -0.15) is 0 Å². The number of anilines is 2. The molecule has 0 spiro atoms. The molecule has 0 bridgehead atoms. The van der Waals surface area contributed by atoms with Crippen molar-refractivity contribution in [3.05, 3.63) is 76.7 Å². The Morgan fingerprint density at radius 3 is 2.49 bits per heavy atom. The van der Waals surface area contributed by atoms with Crippen molar-refractivity contribution >= 4 is 61.7 Å². The minimum absolute atomic E-state index is 0.0107. The number of hydrogen-bond acceptors (Lipinski definition) is 7. The van der Waals surface area contributed by atoms with E-state index < -0.39 is 10.0 Å². The van der Waals surface area contributed by atoms with Crippen LogP contribution in [0.1, 0.15) is 32.3 Å². The van der Waals surface area contributed by atoms with Crippen LogP contribution in [0.4, 0.5) is 11.5 Å². The first-order valence-electron chi connectivity index (χ1n) is 13.4. The van der Waals surface area contributed by atoms with Crippen molar-refractivity contribution in [2.45, 2.75) is 50.6 Å². The maximum Gasteiger partial charge on any atom is 0.269 e. The van der Waals surface area contributed by atoms with Gasteiger partial charge in [0.2, 0.25) is 5.91 Å². The molecule has 3 heterocycles. The predicted octanol–water partition coefficient (Wildman–Crippen LogP) is 5.60. The molecule has 1 aliphatic rings. The van der Waals surface area contributed by atoms with Crippen molar-refractivity contribution in [2.75, 3.05) is 29.9 Å². The lowest BCUT2D eigenvalue weighted by atomic mass is 10.0. The third-order valence-electron chi connectivity index (χ3n) is 7.25. The van der Waals surface area contributed by atoms with E-state index >= 15 is 0 Å². The smallest absolute Gasteiger partial charge is 0.269 e. The average molecular weight is 616 g/mol. The Hall–Kier alpha value is -3.34. The summed E-state index contributed by atoms with van der Waals surface area (Å²) in [5, 5.41) is 4.75. The maximum absolute atomic E-state index is 13.5. The quantitative estimate of drug-likeness (QED) is 0.276. The van der Waals surface area contributed by atoms with E-state index in [0.717, 1.165) is 18.4 Å². The van der Waals surface area contributed by atoms with Crippen LogP contribution in [0.5, 0.6) is 0 Å². The lowest BCUT2D eigenvalue weighted by molar-refractivity contribution is -0.130. The third kappa shape index (κ3) is 6.14. The first-order chi connectivity index (χ1) is 19.5. The summed E-state index contributed by atoms with van der Waals surface area (Å²) in [6.07, 6.45) is 4.63. The fraction of sp³-hybridized carbons (Fsp3) is 0.345. The zero-order valence-electron chi connectivity index (χ0n) is 23.1. The fourth-order valence-electron chi connectivity index (χ4n) is 5.33. The van der Waals surface area contributed by atoms with Crippen LogP contribution in [0.25, 0.3) is 11.0 Å². The highest BCUT2D eigenvalue weighted by Crippen LogP contribution is 2.32. The van der Waals surface area contributed by atoms with Crippen LogP contribution in [0.2, 0.25) is 10.0 Å². The number of piperidine rings is 1. The maximum atomic E-state index is 13.5. The van der Waals surface area contributed by atoms with Gasteiger partial charge in [0.25, 0.3) is 10.0 Å². The second kappa shape index (κ2) is 11.9. The summed E-state index contributed by atoms with van der Waals surface area (Å²) < 4.78 is 28.2. The summed E-state index contributed by atoms with van der Waals surface area (Å²) in [7, 11) is -3.85. The number of halogens is 2. The molecule has 1 saturated heterocycles. The van der Waals surface area contributed by atoms with Crippen LogP contribution in [-0.4, -0.2) is 64.9 Å². The van der Waals surface area contributed by atoms with Crippen molar-refractivity contribution in [1.82, 2.24) is 18.8 Å². The molecule has 0 radical (unpaired) electrons. The van der Waals surface area contributed by atoms with E-state index in [2.05, 4.69) is 34.0 Å². The number of nitrogens with zero attached hydrogens (tertiary/aromatic N) is 5. The molecule has 12 heteroatoms. The number of benzene rings is 2. The molecular formula is C29H32Cl2N6O3S. The van der Waals surface area contributed by atoms with Gasteiger partial charge < -0.3 is 15.1 Å². The van der Waals surface area contributed by atoms with Gasteiger partial charge in [0.15, 0.2) is 5.65 Å². The Balaban J connectivity index is 1.39. The van der Waals surface area contributed by atoms with Crippen LogP contribution in [0, 0.1) is 6.92 Å². The molecule has 9 nitrogen and oxygen atoms in total. The van der Waals surface area contributed by atoms with Crippen molar-refractivity contribution in [3.63, 3.8) is 0 Å². The van der Waals surface area contributed by atoms with Crippen molar-refractivity contribution in [3.8, 4) is 0 Å². The number of amides is 1. The van der Waals surface area contributed by atoms with E-state index in [1.165, 1.54) is 16.5 Å². The second-order valence-electron chi connectivity index (χ2n) is 10.5. The standard InChI is InChI=1S/C29H32Cl2N6O3S/c1-19(2)37(24-5-4-11-35(17-24)27(38)16-32-23-14-21(30)13-22(31)15-23)29-26-10-12-36(28(26)33-18-34-29)41(39,40)25-8-6-20(3)7-9-25/h6-10,12-15,18-19,24,32H,4-5,11,16-17H2,1-3H3. The molecule has 0 saturated carbocycles. The molecule has 1 N–H and O–H groups in total. The average Bonchev–Trinajstić information content (AvgIpc) is 3.38. The van der Waals surface area contributed by atoms with Crippen LogP contribution in [0.15, 0.2) is 66.0 Å². The number of nitrogens with one attached hydrogen (secondary N) is 1. The van der Waals surface area contributed by atoms with E-state index in [0.29, 0.717) is 45.7 Å². The zero-order chi connectivity index (χ0) is 29.3. The molecular weight excluding hydrogens is 583 g/mol. The van der Waals surface area contributed by atoms with Crippen molar-refractivity contribution in [2.24, 2.45) is 0 Å². The molecule has 4 aromatic rings. The normalized spacial score (nSPS) is 15.9. The van der Waals surface area contributed by atoms with Crippen LogP contribution >= 0.6 is 23.2 Å². The van der Waals surface area contributed by atoms with E-state index in [-0.39, 0.29) is 29.4 Å². The molecule has 1 aliphatic heterocycles. The Kier molecular flexibility index (Phi) is 8.45. The number of hydrogen-bond donors (Lipinski definition) is 1. The molecule has 1 fully saturated rings. The van der Waals surface area contributed by atoms with Crippen molar-refractivity contribution in [1.29, 1.82) is 0 Å². The first-order valence-corrected chi connectivity index (χ1v) is 15.6. The van der Waals surface area contributed by atoms with E-state index in [4.69, 9.17) is 23.2 Å². The molecule has 1 atom stereocenters. The van der Waals surface area contributed by atoms with Gasteiger partial charge >= 0.3 is 0 Å². The molecule has 0 aliphatic carbocycles. The van der Waals surface area contributed by atoms with E-state index in [1.54, 1.807) is 48.5 Å². The van der Waals surface area contributed by atoms with Crippen LogP contribution in [-0.2, 0) is 14.8 Å². The number of aryl methyl sites for hydroxylation is 1. The summed E-state index contributed by atoms with van der Waals surface area (Å²) in [5.74, 6) is 0.617. The summed E-state index contributed by atoms with van der Waals surface area (Å²) in [4.78, 5) is 26.4. The summed E-state index contributed by atoms with van der Waals surface area (Å²) in [6, 6.07) is 13.6. The third-order valence-corrected chi connectivity index (χ3v) is 9.37. The molecule has 2 aromatic heterocycles. The highest BCUT2D eigenvalue weighted by atomic mass is 35.5. The summed E-state index contributed by atoms with van der Waals surface area (Å²) in [5.41, 5.74) is 1.97. The lowest BCUT2D eigenvalue weighted by Crippen LogP contribution is -2.53. The van der Waals surface area contributed by atoms with Gasteiger partial charge in [-0.1, -0.05) is 40.9 Å². The Labute approximate surface area is 250 Å². The Morgan fingerprint density at radius 2 is 1.80 bits per heavy atom. The fourth-order valence-corrected chi connectivity index (χ4v) is 7.16. The van der Waals surface area contributed by atoms with Gasteiger partial charge in [-0.3, -0.25) is 4.79 Å². The zero-order valence-corrected chi connectivity index (χ0v) is 25.4. The summed E-state index contributed by atoms with van der Waals surface area (Å²) >= 11 is 12.2. The number of carbonyl (C=O) groups excluding carboxylic acids is 1. The van der Waals surface area contributed by atoms with Gasteiger partial charge in [-0.25, -0.2) is 22.4 Å². The topological polar surface area (TPSA) is 100 Å². The number of fused-ring (bicyclic) bond motifs is 1. The molecule has 5 rings (SSSR count). The van der Waals surface area contributed by atoms with Crippen LogP contribution < -0.4 is 10.2 Å². The van der Waals surface area contributed by atoms with E-state index in [1.807, 2.05) is 11.8 Å². The molecule has 1 amide bonds. The Morgan fingerprint density at radius 1 is 1.10 bits per heavy atom. The second-order valence-corrected chi connectivity index (χ2v) is 13.2. The molecule has 41 heavy (non-hydrogen) atoms. The highest BCUT2D eigenvalue weighted by molar-refractivity contribution is 7.90. The van der Waals surface area contributed by atoms with Crippen LogP contribution in [0.3, 0.4) is 0 Å². The molecule has 1 unspecified atom stereocenters. The Bertz CT molecular complexity index is 1650. The highest BCUT2D eigenvalue weighted by Gasteiger charge is 2.32. The van der Waals surface area contributed by atoms with Gasteiger partial charge in [0.05, 0.1) is 16.8 Å². The summed E-state index contributed by atoms with van der Waals surface area (Å²) in [6.45, 7) is 7.33. The van der Waals surface area contributed by atoms with Gasteiger partial charge in [-0.05, 0) is 70.0 Å². The number of aromatic nitrogens is 3. The minimum Gasteiger partial charge on any atom is -0.376 e. The van der Waals surface area contributed by atoms with Gasteiger partial charge in [-0.15, -0.1) is 0 Å². The largest absolute Gasteiger partial charge is 0.376 e. The molecule has 216 valence electrons. The molecule has 2 aromatic carbocycles. The predicted molar refractivity (Wildman–Crippen MR) is 163 cm³/mol. The number of carbonyl (C=O) groups is 1.